The van der Waals surface area contributed by atoms with Gasteiger partial charge in [0.25, 0.3) is 0 Å². The van der Waals surface area contributed by atoms with E-state index in [2.05, 4.69) is 23.5 Å². The van der Waals surface area contributed by atoms with Crippen molar-refractivity contribution in [3.05, 3.63) is 52.4 Å². The maximum atomic E-state index is 11.8. The van der Waals surface area contributed by atoms with Crippen LogP contribution in [0.15, 0.2) is 36.0 Å². The van der Waals surface area contributed by atoms with Crippen molar-refractivity contribution in [2.45, 2.75) is 39.2 Å². The van der Waals surface area contributed by atoms with Gasteiger partial charge in [-0.3, -0.25) is 0 Å². The predicted molar refractivity (Wildman–Crippen MR) is 83.9 cm³/mol. The van der Waals surface area contributed by atoms with Gasteiger partial charge in [-0.1, -0.05) is 43.6 Å². The highest BCUT2D eigenvalue weighted by Gasteiger charge is 2.14. The molecule has 0 saturated heterocycles. The molecule has 0 saturated carbocycles. The monoisotopic (exact) mass is 287 g/mol. The first kappa shape index (κ1) is 16.8. The average Bonchev–Trinajstić information content (AvgIpc) is 2.51. The Hall–Kier alpha value is -2.26. The summed E-state index contributed by atoms with van der Waals surface area (Å²) in [5, 5.41) is 3.81. The van der Waals surface area contributed by atoms with E-state index in [4.69, 9.17) is 10.3 Å². The molecule has 5 heteroatoms. The van der Waals surface area contributed by atoms with Crippen LogP contribution in [-0.2, 0) is 4.74 Å². The minimum Gasteiger partial charge on any atom is -0.462 e. The van der Waals surface area contributed by atoms with E-state index < -0.39 is 0 Å². The quantitative estimate of drug-likeness (QED) is 0.299. The van der Waals surface area contributed by atoms with Crippen LogP contribution >= 0.6 is 0 Å². The Morgan fingerprint density at radius 2 is 2.14 bits per heavy atom. The highest BCUT2D eigenvalue weighted by Crippen LogP contribution is 2.24. The van der Waals surface area contributed by atoms with Gasteiger partial charge in [0.2, 0.25) is 0 Å². The van der Waals surface area contributed by atoms with Gasteiger partial charge in [-0.25, -0.2) is 4.79 Å². The first-order chi connectivity index (χ1) is 10.1. The molecule has 5 nitrogen and oxygen atoms in total. The van der Waals surface area contributed by atoms with Crippen molar-refractivity contribution in [3.63, 3.8) is 0 Å². The lowest BCUT2D eigenvalue weighted by Crippen LogP contribution is -2.08. The zero-order chi connectivity index (χ0) is 15.7. The molecule has 0 aliphatic carbocycles. The van der Waals surface area contributed by atoms with E-state index in [-0.39, 0.29) is 12.0 Å². The average molecular weight is 287 g/mol. The van der Waals surface area contributed by atoms with Gasteiger partial charge in [-0.2, -0.15) is 0 Å². The summed E-state index contributed by atoms with van der Waals surface area (Å²) in [6.07, 6.45) is 2.73. The second-order valence-electron chi connectivity index (χ2n) is 4.69. The standard InChI is InChI=1S/C16H21N3O2/c1-4-6-10-15(18-19-17)12(3)13-8-7-9-14(11-13)16(20)21-5-2/h7-9,11,15H,3-6,10H2,1-2H3. The summed E-state index contributed by atoms with van der Waals surface area (Å²) in [6.45, 7) is 8.21. The Morgan fingerprint density at radius 1 is 1.43 bits per heavy atom. The minimum absolute atomic E-state index is 0.285. The van der Waals surface area contributed by atoms with Gasteiger partial charge < -0.3 is 4.74 Å². The summed E-state index contributed by atoms with van der Waals surface area (Å²) in [5.74, 6) is -0.360. The molecule has 0 spiro atoms. The third-order valence-electron chi connectivity index (χ3n) is 3.17. The Kier molecular flexibility index (Phi) is 7.05. The molecule has 112 valence electrons. The maximum Gasteiger partial charge on any atom is 0.338 e. The molecule has 0 amide bonds. The summed E-state index contributed by atoms with van der Waals surface area (Å²) in [5.41, 5.74) is 10.7. The molecule has 0 aromatic heterocycles. The highest BCUT2D eigenvalue weighted by molar-refractivity contribution is 5.90. The first-order valence-corrected chi connectivity index (χ1v) is 7.14. The van der Waals surface area contributed by atoms with Crippen LogP contribution in [0.4, 0.5) is 0 Å². The van der Waals surface area contributed by atoms with E-state index in [9.17, 15) is 4.79 Å². The van der Waals surface area contributed by atoms with Crippen LogP contribution in [0.3, 0.4) is 0 Å². The zero-order valence-corrected chi connectivity index (χ0v) is 12.6. The van der Waals surface area contributed by atoms with Crippen molar-refractivity contribution in [2.24, 2.45) is 5.11 Å². The van der Waals surface area contributed by atoms with Crippen LogP contribution in [0.2, 0.25) is 0 Å². The van der Waals surface area contributed by atoms with Gasteiger partial charge in [0.1, 0.15) is 0 Å². The third-order valence-corrected chi connectivity index (χ3v) is 3.17. The van der Waals surface area contributed by atoms with Gasteiger partial charge >= 0.3 is 5.97 Å². The van der Waals surface area contributed by atoms with Gasteiger partial charge in [-0.05, 0) is 42.1 Å². The minimum atomic E-state index is -0.360. The molecule has 0 fully saturated rings. The maximum absolute atomic E-state index is 11.8. The van der Waals surface area contributed by atoms with Gasteiger partial charge in [-0.15, -0.1) is 0 Å². The number of ether oxygens (including phenoxy) is 1. The number of nitrogens with zero attached hydrogens (tertiary/aromatic N) is 3. The fourth-order valence-corrected chi connectivity index (χ4v) is 2.01. The van der Waals surface area contributed by atoms with Gasteiger partial charge in [0, 0.05) is 4.91 Å². The number of benzene rings is 1. The Labute approximate surface area is 125 Å². The van der Waals surface area contributed by atoms with Crippen LogP contribution in [0, 0.1) is 0 Å². The largest absolute Gasteiger partial charge is 0.462 e. The molecule has 1 rings (SSSR count). The Morgan fingerprint density at radius 3 is 2.76 bits per heavy atom. The van der Waals surface area contributed by atoms with E-state index in [1.54, 1.807) is 25.1 Å². The van der Waals surface area contributed by atoms with Crippen molar-refractivity contribution in [1.82, 2.24) is 0 Å². The highest BCUT2D eigenvalue weighted by atomic mass is 16.5. The van der Waals surface area contributed by atoms with Gasteiger partial charge in [0.05, 0.1) is 18.2 Å². The summed E-state index contributed by atoms with van der Waals surface area (Å²) in [7, 11) is 0. The SMILES string of the molecule is C=C(c1cccc(C(=O)OCC)c1)C(CCCC)N=[N+]=[N-]. The van der Waals surface area contributed by atoms with Crippen LogP contribution in [0.1, 0.15) is 49.0 Å². The molecule has 21 heavy (non-hydrogen) atoms. The lowest BCUT2D eigenvalue weighted by molar-refractivity contribution is 0.0526. The van der Waals surface area contributed by atoms with E-state index in [0.717, 1.165) is 30.4 Å². The predicted octanol–water partition coefficient (Wildman–Crippen LogP) is 4.75. The molecule has 1 atom stereocenters. The number of hydrogen-bond donors (Lipinski definition) is 0. The third kappa shape index (κ3) is 4.97. The number of esters is 1. The smallest absolute Gasteiger partial charge is 0.338 e. The fraction of sp³-hybridized carbons (Fsp3) is 0.438. The van der Waals surface area contributed by atoms with Crippen LogP contribution in [0.5, 0.6) is 0 Å². The Bertz CT molecular complexity index is 548. The van der Waals surface area contributed by atoms with Crippen molar-refractivity contribution in [1.29, 1.82) is 0 Å². The number of unbranched alkanes of at least 4 members (excludes halogenated alkanes) is 1. The normalized spacial score (nSPS) is 11.3. The van der Waals surface area contributed by atoms with Gasteiger partial charge in [0.15, 0.2) is 0 Å². The molecule has 1 unspecified atom stereocenters. The summed E-state index contributed by atoms with van der Waals surface area (Å²) in [4.78, 5) is 14.6. The summed E-state index contributed by atoms with van der Waals surface area (Å²) < 4.78 is 4.98. The fourth-order valence-electron chi connectivity index (χ4n) is 2.01. The van der Waals surface area contributed by atoms with Crippen LogP contribution < -0.4 is 0 Å². The molecule has 0 N–H and O–H groups in total. The van der Waals surface area contributed by atoms with E-state index in [1.807, 2.05) is 6.07 Å². The number of carbonyl (C=O) groups is 1. The molecule has 0 heterocycles. The molecule has 1 aromatic rings. The molecule has 0 aliphatic rings. The molecular weight excluding hydrogens is 266 g/mol. The number of hydrogen-bond acceptors (Lipinski definition) is 3. The van der Waals surface area contributed by atoms with Crippen LogP contribution in [-0.4, -0.2) is 18.6 Å². The zero-order valence-electron chi connectivity index (χ0n) is 12.6. The molecule has 0 aliphatic heterocycles. The lowest BCUT2D eigenvalue weighted by Gasteiger charge is -2.15. The number of azide groups is 1. The second kappa shape index (κ2) is 8.82. The van der Waals surface area contributed by atoms with Crippen molar-refractivity contribution in [2.75, 3.05) is 6.61 Å². The Balaban J connectivity index is 2.97. The van der Waals surface area contributed by atoms with E-state index >= 15 is 0 Å². The van der Waals surface area contributed by atoms with E-state index in [0.29, 0.717) is 12.2 Å². The molecule has 0 radical (unpaired) electrons. The lowest BCUT2D eigenvalue weighted by atomic mass is 9.95. The first-order valence-electron chi connectivity index (χ1n) is 7.14. The van der Waals surface area contributed by atoms with Crippen molar-refractivity contribution in [3.8, 4) is 0 Å². The summed E-state index contributed by atoms with van der Waals surface area (Å²) in [6, 6.07) is 6.78. The topological polar surface area (TPSA) is 75.1 Å². The summed E-state index contributed by atoms with van der Waals surface area (Å²) >= 11 is 0. The second-order valence-corrected chi connectivity index (χ2v) is 4.69. The number of rotatable bonds is 8. The number of carbonyl (C=O) groups excluding carboxylic acids is 1. The van der Waals surface area contributed by atoms with Crippen molar-refractivity contribution >= 4 is 11.5 Å². The molecule has 1 aromatic carbocycles. The van der Waals surface area contributed by atoms with Crippen LogP contribution in [0.25, 0.3) is 16.0 Å². The van der Waals surface area contributed by atoms with Crippen molar-refractivity contribution < 1.29 is 9.53 Å². The van der Waals surface area contributed by atoms with E-state index in [1.165, 1.54) is 0 Å². The molecular formula is C16H21N3O2. The molecule has 0 bridgehead atoms.